The fourth-order valence-electron chi connectivity index (χ4n) is 1.45. The van der Waals surface area contributed by atoms with Crippen molar-refractivity contribution in [1.29, 1.82) is 0 Å². The molecule has 0 saturated carbocycles. The van der Waals surface area contributed by atoms with Crippen molar-refractivity contribution in [1.82, 2.24) is 14.8 Å². The maximum Gasteiger partial charge on any atom is 0.313 e. The monoisotopic (exact) mass is 311 g/mol. The topological polar surface area (TPSA) is 85.9 Å². The van der Waals surface area contributed by atoms with E-state index in [0.717, 1.165) is 4.47 Å². The molecule has 1 N–H and O–H groups in total. The van der Waals surface area contributed by atoms with E-state index in [4.69, 9.17) is 0 Å². The zero-order valence-corrected chi connectivity index (χ0v) is 11.1. The van der Waals surface area contributed by atoms with E-state index in [2.05, 4.69) is 31.3 Å². The van der Waals surface area contributed by atoms with Crippen LogP contribution in [0.2, 0.25) is 0 Å². The second kappa shape index (κ2) is 5.13. The zero-order chi connectivity index (χ0) is 13.1. The quantitative estimate of drug-likeness (QED) is 0.692. The summed E-state index contributed by atoms with van der Waals surface area (Å²) in [5.41, 5.74) is -0.0905. The fourth-order valence-corrected chi connectivity index (χ4v) is 1.73. The smallest absolute Gasteiger partial charge is 0.313 e. The van der Waals surface area contributed by atoms with Gasteiger partial charge in [-0.15, -0.1) is 0 Å². The zero-order valence-electron chi connectivity index (χ0n) is 9.50. The largest absolute Gasteiger partial charge is 0.370 e. The summed E-state index contributed by atoms with van der Waals surface area (Å²) in [6.45, 7) is 2.61. The molecule has 0 amide bonds. The molecule has 0 atom stereocenters. The fraction of sp³-hybridized carbons (Fsp3) is 0.200. The van der Waals surface area contributed by atoms with E-state index in [1.165, 1.54) is 10.7 Å². The van der Waals surface area contributed by atoms with Gasteiger partial charge < -0.3 is 5.32 Å². The second-order valence-electron chi connectivity index (χ2n) is 3.43. The van der Waals surface area contributed by atoms with Crippen LogP contribution in [-0.4, -0.2) is 26.2 Å². The first-order valence-corrected chi connectivity index (χ1v) is 6.01. The molecule has 2 rings (SSSR count). The molecule has 0 unspecified atom stereocenters. The molecule has 0 radical (unpaired) electrons. The molecule has 0 bridgehead atoms. The number of nitrogens with one attached hydrogen (secondary N) is 1. The summed E-state index contributed by atoms with van der Waals surface area (Å²) >= 11 is 3.24. The average Bonchev–Trinajstić information content (AvgIpc) is 2.76. The molecule has 0 aliphatic carbocycles. The molecule has 18 heavy (non-hydrogen) atoms. The van der Waals surface area contributed by atoms with Crippen LogP contribution in [0.1, 0.15) is 6.92 Å². The minimum atomic E-state index is -0.479. The molecule has 0 spiro atoms. The van der Waals surface area contributed by atoms with Crippen molar-refractivity contribution in [2.45, 2.75) is 6.92 Å². The molecule has 8 heteroatoms. The molecule has 2 heterocycles. The predicted octanol–water partition coefficient (Wildman–Crippen LogP) is 2.37. The number of nitro groups is 1. The molecular formula is C10H10BrN5O2. The van der Waals surface area contributed by atoms with Gasteiger partial charge in [0.25, 0.3) is 0 Å². The van der Waals surface area contributed by atoms with E-state index in [9.17, 15) is 10.1 Å². The molecule has 2 aromatic rings. The normalized spacial score (nSPS) is 10.3. The van der Waals surface area contributed by atoms with Crippen LogP contribution in [0.15, 0.2) is 29.0 Å². The lowest BCUT2D eigenvalue weighted by Crippen LogP contribution is -2.07. The lowest BCUT2D eigenvalue weighted by atomic mass is 10.3. The Labute approximate surface area is 111 Å². The van der Waals surface area contributed by atoms with Crippen LogP contribution < -0.4 is 5.32 Å². The van der Waals surface area contributed by atoms with Gasteiger partial charge in [-0.3, -0.25) is 10.1 Å². The predicted molar refractivity (Wildman–Crippen MR) is 69.9 cm³/mol. The second-order valence-corrected chi connectivity index (χ2v) is 4.35. The van der Waals surface area contributed by atoms with Gasteiger partial charge in [0.15, 0.2) is 0 Å². The highest BCUT2D eigenvalue weighted by molar-refractivity contribution is 9.10. The van der Waals surface area contributed by atoms with Gasteiger partial charge in [-0.25, -0.2) is 9.67 Å². The molecule has 0 saturated heterocycles. The van der Waals surface area contributed by atoms with Crippen LogP contribution in [0, 0.1) is 10.1 Å². The Morgan fingerprint density at radius 3 is 2.89 bits per heavy atom. The van der Waals surface area contributed by atoms with Crippen molar-refractivity contribution in [3.63, 3.8) is 0 Å². The Morgan fingerprint density at radius 2 is 2.33 bits per heavy atom. The number of pyridine rings is 1. The Hall–Kier alpha value is -1.96. The van der Waals surface area contributed by atoms with Gasteiger partial charge >= 0.3 is 5.69 Å². The number of hydrogen-bond donors (Lipinski definition) is 1. The van der Waals surface area contributed by atoms with Gasteiger partial charge in [-0.05, 0) is 28.9 Å². The van der Waals surface area contributed by atoms with Crippen molar-refractivity contribution in [3.8, 4) is 5.82 Å². The van der Waals surface area contributed by atoms with Crippen LogP contribution in [0.3, 0.4) is 0 Å². The first kappa shape index (κ1) is 12.5. The van der Waals surface area contributed by atoms with Crippen LogP contribution >= 0.6 is 15.9 Å². The van der Waals surface area contributed by atoms with Crippen molar-refractivity contribution in [2.24, 2.45) is 0 Å². The van der Waals surface area contributed by atoms with Crippen molar-refractivity contribution in [2.75, 3.05) is 11.9 Å². The molecule has 0 aliphatic heterocycles. The molecule has 0 aromatic carbocycles. The Morgan fingerprint density at radius 1 is 1.56 bits per heavy atom. The van der Waals surface area contributed by atoms with Gasteiger partial charge in [0.2, 0.25) is 5.82 Å². The number of hydrogen-bond acceptors (Lipinski definition) is 5. The third-order valence-electron chi connectivity index (χ3n) is 2.18. The minimum Gasteiger partial charge on any atom is -0.370 e. The lowest BCUT2D eigenvalue weighted by molar-refractivity contribution is -0.384. The standard InChI is InChI=1S/C10H10BrN5O2/c1-2-12-9-4-3-8(16(17)18)10(14-9)15-6-7(11)5-13-15/h3-6H,2H2,1H3,(H,12,14). The Kier molecular flexibility index (Phi) is 3.56. The number of nitrogens with zero attached hydrogens (tertiary/aromatic N) is 4. The van der Waals surface area contributed by atoms with Gasteiger partial charge in [-0.1, -0.05) is 0 Å². The molecule has 0 aliphatic rings. The number of halogens is 1. The van der Waals surface area contributed by atoms with E-state index < -0.39 is 4.92 Å². The summed E-state index contributed by atoms with van der Waals surface area (Å²) in [6, 6.07) is 2.99. The maximum absolute atomic E-state index is 11.0. The van der Waals surface area contributed by atoms with E-state index in [-0.39, 0.29) is 11.5 Å². The molecular weight excluding hydrogens is 302 g/mol. The van der Waals surface area contributed by atoms with E-state index in [1.807, 2.05) is 6.92 Å². The average molecular weight is 312 g/mol. The number of anilines is 1. The van der Waals surface area contributed by atoms with E-state index in [0.29, 0.717) is 12.4 Å². The third-order valence-corrected chi connectivity index (χ3v) is 2.59. The highest BCUT2D eigenvalue weighted by atomic mass is 79.9. The van der Waals surface area contributed by atoms with Crippen molar-refractivity contribution < 1.29 is 4.92 Å². The van der Waals surface area contributed by atoms with Crippen molar-refractivity contribution in [3.05, 3.63) is 39.1 Å². The van der Waals surface area contributed by atoms with Gasteiger partial charge in [0, 0.05) is 18.8 Å². The summed E-state index contributed by atoms with van der Waals surface area (Å²) in [5.74, 6) is 0.758. The summed E-state index contributed by atoms with van der Waals surface area (Å²) in [4.78, 5) is 14.7. The van der Waals surface area contributed by atoms with Gasteiger partial charge in [0.1, 0.15) is 5.82 Å². The Bertz CT molecular complexity index is 583. The minimum absolute atomic E-state index is 0.0905. The maximum atomic E-state index is 11.0. The van der Waals surface area contributed by atoms with Crippen molar-refractivity contribution >= 4 is 27.4 Å². The molecule has 2 aromatic heterocycles. The van der Waals surface area contributed by atoms with E-state index in [1.54, 1.807) is 18.5 Å². The molecule has 94 valence electrons. The number of aromatic nitrogens is 3. The first-order valence-electron chi connectivity index (χ1n) is 5.21. The third kappa shape index (κ3) is 2.48. The Balaban J connectivity index is 2.53. The highest BCUT2D eigenvalue weighted by Crippen LogP contribution is 2.23. The SMILES string of the molecule is CCNc1ccc([N+](=O)[O-])c(-n2cc(Br)cn2)n1. The first-order chi connectivity index (χ1) is 8.61. The van der Waals surface area contributed by atoms with Gasteiger partial charge in [-0.2, -0.15) is 5.10 Å². The van der Waals surface area contributed by atoms with Crippen LogP contribution in [0.5, 0.6) is 0 Å². The van der Waals surface area contributed by atoms with Crippen LogP contribution in [0.4, 0.5) is 11.5 Å². The number of rotatable bonds is 4. The summed E-state index contributed by atoms with van der Waals surface area (Å²) < 4.78 is 2.09. The van der Waals surface area contributed by atoms with E-state index >= 15 is 0 Å². The lowest BCUT2D eigenvalue weighted by Gasteiger charge is -2.06. The van der Waals surface area contributed by atoms with Crippen LogP contribution in [0.25, 0.3) is 5.82 Å². The van der Waals surface area contributed by atoms with Crippen LogP contribution in [-0.2, 0) is 0 Å². The molecule has 7 nitrogen and oxygen atoms in total. The molecule has 0 fully saturated rings. The highest BCUT2D eigenvalue weighted by Gasteiger charge is 2.18. The van der Waals surface area contributed by atoms with Gasteiger partial charge in [0.05, 0.1) is 15.6 Å². The summed E-state index contributed by atoms with van der Waals surface area (Å²) in [6.07, 6.45) is 3.16. The summed E-state index contributed by atoms with van der Waals surface area (Å²) in [5, 5.41) is 18.0. The summed E-state index contributed by atoms with van der Waals surface area (Å²) in [7, 11) is 0.